The number of halogens is 1. The average molecular weight is 347 g/mol. The standard InChI is InChI=1S/C15H22N2O3S.ClH/c1-14(2,3)21(19,20)10-11-5-4-6-12(9-11)17-13(18)15(16)7-8-15;/h4-6,9H,7-8,10,16H2,1-3H3,(H,17,18);1H. The largest absolute Gasteiger partial charge is 0.324 e. The van der Waals surface area contributed by atoms with Gasteiger partial charge in [0.05, 0.1) is 16.0 Å². The van der Waals surface area contributed by atoms with Crippen molar-refractivity contribution in [1.29, 1.82) is 0 Å². The lowest BCUT2D eigenvalue weighted by atomic mass is 10.2. The number of carbonyl (C=O) groups is 1. The van der Waals surface area contributed by atoms with Crippen LogP contribution in [-0.2, 0) is 20.4 Å². The highest BCUT2D eigenvalue weighted by Crippen LogP contribution is 2.33. The SMILES string of the molecule is CC(C)(C)S(=O)(=O)Cc1cccc(NC(=O)C2(N)CC2)c1.Cl. The van der Waals surface area contributed by atoms with Crippen molar-refractivity contribution >= 4 is 33.8 Å². The molecule has 2 rings (SSSR count). The Morgan fingerprint density at radius 3 is 2.41 bits per heavy atom. The van der Waals surface area contributed by atoms with Gasteiger partial charge in [0, 0.05) is 5.69 Å². The van der Waals surface area contributed by atoms with Gasteiger partial charge in [-0.15, -0.1) is 12.4 Å². The molecule has 0 aromatic heterocycles. The van der Waals surface area contributed by atoms with Gasteiger partial charge in [-0.3, -0.25) is 4.79 Å². The fourth-order valence-electron chi connectivity index (χ4n) is 1.79. The molecule has 1 aromatic rings. The lowest BCUT2D eigenvalue weighted by Crippen LogP contribution is -2.37. The third-order valence-electron chi connectivity index (χ3n) is 3.72. The molecule has 1 aromatic carbocycles. The second kappa shape index (κ2) is 6.18. The minimum absolute atomic E-state index is 0. The Morgan fingerprint density at radius 1 is 1.32 bits per heavy atom. The maximum atomic E-state index is 12.2. The molecule has 124 valence electrons. The summed E-state index contributed by atoms with van der Waals surface area (Å²) in [4.78, 5) is 11.9. The summed E-state index contributed by atoms with van der Waals surface area (Å²) in [6.45, 7) is 5.04. The van der Waals surface area contributed by atoms with E-state index in [0.29, 0.717) is 24.1 Å². The van der Waals surface area contributed by atoms with Crippen LogP contribution in [0.4, 0.5) is 5.69 Å². The highest BCUT2D eigenvalue weighted by molar-refractivity contribution is 7.91. The Bertz CT molecular complexity index is 662. The Hall–Kier alpha value is -1.11. The summed E-state index contributed by atoms with van der Waals surface area (Å²) in [5.74, 6) is -0.258. The summed E-state index contributed by atoms with van der Waals surface area (Å²) in [5.41, 5.74) is 6.32. The van der Waals surface area contributed by atoms with Crippen molar-refractivity contribution in [2.24, 2.45) is 5.73 Å². The molecule has 1 fully saturated rings. The van der Waals surface area contributed by atoms with Gasteiger partial charge in [-0.1, -0.05) is 12.1 Å². The Balaban J connectivity index is 0.00000242. The van der Waals surface area contributed by atoms with Crippen LogP contribution in [0.2, 0.25) is 0 Å². The molecule has 1 aliphatic rings. The third-order valence-corrected chi connectivity index (χ3v) is 6.29. The minimum Gasteiger partial charge on any atom is -0.324 e. The number of rotatable bonds is 4. The van der Waals surface area contributed by atoms with Gasteiger partial charge in [-0.25, -0.2) is 8.42 Å². The van der Waals surface area contributed by atoms with E-state index in [1.807, 2.05) is 0 Å². The number of hydrogen-bond acceptors (Lipinski definition) is 4. The molecule has 3 N–H and O–H groups in total. The first-order valence-electron chi connectivity index (χ1n) is 6.95. The van der Waals surface area contributed by atoms with Crippen molar-refractivity contribution in [2.75, 3.05) is 5.32 Å². The van der Waals surface area contributed by atoms with Gasteiger partial charge >= 0.3 is 0 Å². The molecule has 0 radical (unpaired) electrons. The first-order valence-corrected chi connectivity index (χ1v) is 8.60. The lowest BCUT2D eigenvalue weighted by Gasteiger charge is -2.19. The molecule has 1 aliphatic carbocycles. The third kappa shape index (κ3) is 4.21. The van der Waals surface area contributed by atoms with Crippen molar-refractivity contribution in [3.8, 4) is 0 Å². The van der Waals surface area contributed by atoms with Crippen molar-refractivity contribution in [3.63, 3.8) is 0 Å². The molecule has 0 atom stereocenters. The van der Waals surface area contributed by atoms with Gasteiger partial charge in [-0.2, -0.15) is 0 Å². The number of sulfone groups is 1. The first kappa shape index (κ1) is 18.9. The van der Waals surface area contributed by atoms with Crippen LogP contribution in [-0.4, -0.2) is 24.6 Å². The van der Waals surface area contributed by atoms with E-state index in [1.165, 1.54) is 0 Å². The average Bonchev–Trinajstić information content (AvgIpc) is 3.07. The molecule has 0 unspecified atom stereocenters. The van der Waals surface area contributed by atoms with Crippen LogP contribution in [0, 0.1) is 0 Å². The van der Waals surface area contributed by atoms with Crippen LogP contribution in [0.1, 0.15) is 39.2 Å². The van der Waals surface area contributed by atoms with Gasteiger partial charge in [0.15, 0.2) is 9.84 Å². The van der Waals surface area contributed by atoms with Gasteiger partial charge in [0.25, 0.3) is 0 Å². The van der Waals surface area contributed by atoms with Crippen LogP contribution >= 0.6 is 12.4 Å². The van der Waals surface area contributed by atoms with E-state index in [9.17, 15) is 13.2 Å². The minimum atomic E-state index is -3.25. The Morgan fingerprint density at radius 2 is 1.91 bits per heavy atom. The number of benzene rings is 1. The molecule has 7 heteroatoms. The van der Waals surface area contributed by atoms with Crippen molar-refractivity contribution in [1.82, 2.24) is 0 Å². The van der Waals surface area contributed by atoms with E-state index in [-0.39, 0.29) is 24.1 Å². The topological polar surface area (TPSA) is 89.3 Å². The smallest absolute Gasteiger partial charge is 0.244 e. The number of nitrogens with one attached hydrogen (secondary N) is 1. The molecule has 5 nitrogen and oxygen atoms in total. The molecule has 22 heavy (non-hydrogen) atoms. The summed E-state index contributed by atoms with van der Waals surface area (Å²) in [7, 11) is -3.25. The summed E-state index contributed by atoms with van der Waals surface area (Å²) in [6.07, 6.45) is 1.38. The summed E-state index contributed by atoms with van der Waals surface area (Å²) in [5, 5.41) is 2.75. The van der Waals surface area contributed by atoms with Crippen LogP contribution in [0.3, 0.4) is 0 Å². The number of anilines is 1. The van der Waals surface area contributed by atoms with Crippen LogP contribution in [0.25, 0.3) is 0 Å². The highest BCUT2D eigenvalue weighted by Gasteiger charge is 2.45. The molecule has 0 bridgehead atoms. The number of carbonyl (C=O) groups excluding carboxylic acids is 1. The van der Waals surface area contributed by atoms with Crippen LogP contribution in [0.5, 0.6) is 0 Å². The first-order chi connectivity index (χ1) is 9.53. The van der Waals surface area contributed by atoms with Gasteiger partial charge in [0.2, 0.25) is 5.91 Å². The quantitative estimate of drug-likeness (QED) is 0.875. The Kier molecular flexibility index (Phi) is 5.32. The molecule has 0 heterocycles. The highest BCUT2D eigenvalue weighted by atomic mass is 35.5. The monoisotopic (exact) mass is 346 g/mol. The lowest BCUT2D eigenvalue weighted by molar-refractivity contribution is -0.118. The van der Waals surface area contributed by atoms with E-state index < -0.39 is 20.1 Å². The maximum absolute atomic E-state index is 12.2. The Labute approximate surface area is 138 Å². The zero-order valence-electron chi connectivity index (χ0n) is 13.0. The van der Waals surface area contributed by atoms with Crippen LogP contribution < -0.4 is 11.1 Å². The predicted octanol–water partition coefficient (Wildman–Crippen LogP) is 2.25. The normalized spacial score (nSPS) is 16.5. The second-order valence-corrected chi connectivity index (χ2v) is 9.43. The van der Waals surface area contributed by atoms with Gasteiger partial charge < -0.3 is 11.1 Å². The summed E-state index contributed by atoms with van der Waals surface area (Å²) in [6, 6.07) is 6.90. The predicted molar refractivity (Wildman–Crippen MR) is 90.8 cm³/mol. The molecular formula is C15H23ClN2O3S. The van der Waals surface area contributed by atoms with Crippen molar-refractivity contribution in [2.45, 2.75) is 49.7 Å². The van der Waals surface area contributed by atoms with E-state index in [1.54, 1.807) is 45.0 Å². The van der Waals surface area contributed by atoms with E-state index in [0.717, 1.165) is 0 Å². The fourth-order valence-corrected chi connectivity index (χ4v) is 2.84. The van der Waals surface area contributed by atoms with Crippen molar-refractivity contribution in [3.05, 3.63) is 29.8 Å². The van der Waals surface area contributed by atoms with E-state index in [4.69, 9.17) is 5.73 Å². The summed E-state index contributed by atoms with van der Waals surface area (Å²) >= 11 is 0. The molecule has 1 saturated carbocycles. The number of hydrogen-bond donors (Lipinski definition) is 2. The zero-order valence-corrected chi connectivity index (χ0v) is 14.7. The van der Waals surface area contributed by atoms with Crippen LogP contribution in [0.15, 0.2) is 24.3 Å². The maximum Gasteiger partial charge on any atom is 0.244 e. The van der Waals surface area contributed by atoms with Gasteiger partial charge in [-0.05, 0) is 51.3 Å². The summed E-state index contributed by atoms with van der Waals surface area (Å²) < 4.78 is 23.6. The van der Waals surface area contributed by atoms with E-state index >= 15 is 0 Å². The van der Waals surface area contributed by atoms with Crippen molar-refractivity contribution < 1.29 is 13.2 Å². The second-order valence-electron chi connectivity index (χ2n) is 6.68. The molecule has 1 amide bonds. The van der Waals surface area contributed by atoms with Gasteiger partial charge in [0.1, 0.15) is 0 Å². The molecule has 0 spiro atoms. The number of nitrogens with two attached hydrogens (primary N) is 1. The molecule has 0 aliphatic heterocycles. The molecular weight excluding hydrogens is 324 g/mol. The zero-order chi connectivity index (χ0) is 15.9. The van der Waals surface area contributed by atoms with E-state index in [2.05, 4.69) is 5.32 Å². The fraction of sp³-hybridized carbons (Fsp3) is 0.533. The molecule has 0 saturated heterocycles. The number of amides is 1.